The Kier molecular flexibility index (Phi) is 5.67. The number of nitrogens with zero attached hydrogens (tertiary/aromatic N) is 2. The van der Waals surface area contributed by atoms with Gasteiger partial charge >= 0.3 is 0 Å². The second-order valence-electron chi connectivity index (χ2n) is 5.38. The highest BCUT2D eigenvalue weighted by atomic mass is 32.2. The second-order valence-corrected chi connectivity index (χ2v) is 8.09. The lowest BCUT2D eigenvalue weighted by Crippen LogP contribution is -2.50. The van der Waals surface area contributed by atoms with E-state index in [2.05, 4.69) is 36.9 Å². The third kappa shape index (κ3) is 4.96. The Labute approximate surface area is 131 Å². The van der Waals surface area contributed by atoms with Gasteiger partial charge in [0.2, 0.25) is 0 Å². The minimum Gasteiger partial charge on any atom is -0.300 e. The highest BCUT2D eigenvalue weighted by molar-refractivity contribution is 7.99. The molecular formula is C14H23N3O2S2. The maximum Gasteiger partial charge on any atom is 0.276 e. The van der Waals surface area contributed by atoms with Gasteiger partial charge in [-0.05, 0) is 37.1 Å². The van der Waals surface area contributed by atoms with Gasteiger partial charge in [0.1, 0.15) is 0 Å². The summed E-state index contributed by atoms with van der Waals surface area (Å²) in [7, 11) is -3.52. The lowest BCUT2D eigenvalue weighted by atomic mass is 10.1. The molecule has 21 heavy (non-hydrogen) atoms. The van der Waals surface area contributed by atoms with Gasteiger partial charge in [-0.25, -0.2) is 5.14 Å². The number of benzene rings is 1. The van der Waals surface area contributed by atoms with E-state index in [0.717, 1.165) is 25.4 Å². The van der Waals surface area contributed by atoms with Gasteiger partial charge in [-0.3, -0.25) is 4.90 Å². The number of hydrogen-bond acceptors (Lipinski definition) is 4. The normalized spacial score (nSPS) is 18.0. The summed E-state index contributed by atoms with van der Waals surface area (Å²) in [6.45, 7) is 7.71. The molecule has 2 N–H and O–H groups in total. The molecule has 2 rings (SSSR count). The van der Waals surface area contributed by atoms with Crippen LogP contribution < -0.4 is 5.14 Å². The molecule has 0 spiro atoms. The minimum absolute atomic E-state index is 0.493. The summed E-state index contributed by atoms with van der Waals surface area (Å²) in [4.78, 5) is 3.58. The van der Waals surface area contributed by atoms with Crippen LogP contribution in [0.25, 0.3) is 0 Å². The molecule has 0 aromatic heterocycles. The second kappa shape index (κ2) is 7.11. The Morgan fingerprint density at radius 2 is 1.81 bits per heavy atom. The molecule has 118 valence electrons. The molecule has 1 saturated heterocycles. The van der Waals surface area contributed by atoms with Crippen molar-refractivity contribution in [2.45, 2.75) is 18.7 Å². The van der Waals surface area contributed by atoms with Crippen molar-refractivity contribution in [3.63, 3.8) is 0 Å². The Bertz CT molecular complexity index is 582. The van der Waals surface area contributed by atoms with Crippen LogP contribution in [0.4, 0.5) is 0 Å². The van der Waals surface area contributed by atoms with Crippen molar-refractivity contribution in [1.29, 1.82) is 0 Å². The maximum atomic E-state index is 11.2. The van der Waals surface area contributed by atoms with Gasteiger partial charge in [0.15, 0.2) is 0 Å². The van der Waals surface area contributed by atoms with Crippen molar-refractivity contribution in [2.75, 3.05) is 38.5 Å². The highest BCUT2D eigenvalue weighted by Gasteiger charge is 2.23. The molecule has 0 amide bonds. The standard InChI is InChI=1S/C14H23N3O2S2/c1-12-3-4-14(11-13(12)2)20-10-9-16-5-7-17(8-6-16)21(15,18)19/h3-4,11H,5-10H2,1-2H3,(H2,15,18,19). The number of rotatable bonds is 5. The van der Waals surface area contributed by atoms with Crippen LogP contribution in [-0.2, 0) is 10.2 Å². The zero-order valence-corrected chi connectivity index (χ0v) is 14.2. The van der Waals surface area contributed by atoms with E-state index >= 15 is 0 Å². The van der Waals surface area contributed by atoms with E-state index in [4.69, 9.17) is 5.14 Å². The monoisotopic (exact) mass is 329 g/mol. The van der Waals surface area contributed by atoms with E-state index < -0.39 is 10.2 Å². The summed E-state index contributed by atoms with van der Waals surface area (Å²) < 4.78 is 23.8. The van der Waals surface area contributed by atoms with E-state index in [-0.39, 0.29) is 0 Å². The Morgan fingerprint density at radius 3 is 2.38 bits per heavy atom. The molecule has 0 unspecified atom stereocenters. The van der Waals surface area contributed by atoms with Gasteiger partial charge in [0.25, 0.3) is 10.2 Å². The smallest absolute Gasteiger partial charge is 0.276 e. The molecule has 0 bridgehead atoms. The van der Waals surface area contributed by atoms with E-state index in [1.807, 2.05) is 11.8 Å². The highest BCUT2D eigenvalue weighted by Crippen LogP contribution is 2.21. The SMILES string of the molecule is Cc1ccc(SCCN2CCN(S(N)(=O)=O)CC2)cc1C. The summed E-state index contributed by atoms with van der Waals surface area (Å²) in [6, 6.07) is 6.54. The minimum atomic E-state index is -3.52. The molecule has 0 radical (unpaired) electrons. The van der Waals surface area contributed by atoms with Crippen LogP contribution >= 0.6 is 11.8 Å². The average Bonchev–Trinajstić information content (AvgIpc) is 2.42. The lowest BCUT2D eigenvalue weighted by molar-refractivity contribution is 0.198. The maximum absolute atomic E-state index is 11.2. The predicted octanol–water partition coefficient (Wildman–Crippen LogP) is 1.22. The zero-order valence-electron chi connectivity index (χ0n) is 12.6. The molecule has 0 atom stereocenters. The van der Waals surface area contributed by atoms with E-state index in [0.29, 0.717) is 13.1 Å². The van der Waals surface area contributed by atoms with Gasteiger partial charge in [0, 0.05) is 43.4 Å². The summed E-state index contributed by atoms with van der Waals surface area (Å²) >= 11 is 1.85. The molecule has 1 heterocycles. The quantitative estimate of drug-likeness (QED) is 0.825. The number of hydrogen-bond donors (Lipinski definition) is 1. The van der Waals surface area contributed by atoms with Crippen molar-refractivity contribution in [3.05, 3.63) is 29.3 Å². The lowest BCUT2D eigenvalue weighted by Gasteiger charge is -2.32. The molecule has 7 heteroatoms. The van der Waals surface area contributed by atoms with Crippen LogP contribution in [0, 0.1) is 13.8 Å². The molecular weight excluding hydrogens is 306 g/mol. The van der Waals surface area contributed by atoms with Crippen LogP contribution in [-0.4, -0.2) is 56.1 Å². The number of thioether (sulfide) groups is 1. The number of nitrogens with two attached hydrogens (primary N) is 1. The van der Waals surface area contributed by atoms with E-state index in [1.54, 1.807) is 0 Å². The van der Waals surface area contributed by atoms with Crippen molar-refractivity contribution >= 4 is 22.0 Å². The first-order valence-electron chi connectivity index (χ1n) is 7.06. The Morgan fingerprint density at radius 1 is 1.14 bits per heavy atom. The molecule has 0 saturated carbocycles. The van der Waals surface area contributed by atoms with Crippen molar-refractivity contribution in [3.8, 4) is 0 Å². The van der Waals surface area contributed by atoms with Crippen LogP contribution in [0.1, 0.15) is 11.1 Å². The predicted molar refractivity (Wildman–Crippen MR) is 87.8 cm³/mol. The molecule has 1 aliphatic heterocycles. The number of piperazine rings is 1. The molecule has 1 fully saturated rings. The van der Waals surface area contributed by atoms with E-state index in [1.165, 1.54) is 20.3 Å². The van der Waals surface area contributed by atoms with Gasteiger partial charge in [-0.2, -0.15) is 12.7 Å². The summed E-state index contributed by atoms with van der Waals surface area (Å²) in [5, 5.41) is 5.13. The van der Waals surface area contributed by atoms with Gasteiger partial charge in [-0.15, -0.1) is 11.8 Å². The fourth-order valence-corrected chi connectivity index (χ4v) is 3.99. The molecule has 5 nitrogen and oxygen atoms in total. The first kappa shape index (κ1) is 16.8. The van der Waals surface area contributed by atoms with Crippen LogP contribution in [0.5, 0.6) is 0 Å². The first-order chi connectivity index (χ1) is 9.86. The summed E-state index contributed by atoms with van der Waals surface area (Å²) in [5.74, 6) is 1.01. The largest absolute Gasteiger partial charge is 0.300 e. The van der Waals surface area contributed by atoms with Crippen LogP contribution in [0.3, 0.4) is 0 Å². The molecule has 0 aliphatic carbocycles. The van der Waals surface area contributed by atoms with Gasteiger partial charge < -0.3 is 0 Å². The van der Waals surface area contributed by atoms with Gasteiger partial charge in [-0.1, -0.05) is 6.07 Å². The third-order valence-electron chi connectivity index (χ3n) is 3.85. The van der Waals surface area contributed by atoms with Crippen molar-refractivity contribution in [2.24, 2.45) is 5.14 Å². The van der Waals surface area contributed by atoms with E-state index in [9.17, 15) is 8.42 Å². The fourth-order valence-electron chi connectivity index (χ4n) is 2.30. The van der Waals surface area contributed by atoms with Crippen LogP contribution in [0.2, 0.25) is 0 Å². The summed E-state index contributed by atoms with van der Waals surface area (Å²) in [6.07, 6.45) is 0. The third-order valence-corrected chi connectivity index (χ3v) is 5.90. The summed E-state index contributed by atoms with van der Waals surface area (Å²) in [5.41, 5.74) is 2.64. The Balaban J connectivity index is 1.74. The number of aryl methyl sites for hydroxylation is 2. The average molecular weight is 329 g/mol. The van der Waals surface area contributed by atoms with Gasteiger partial charge in [0.05, 0.1) is 0 Å². The fraction of sp³-hybridized carbons (Fsp3) is 0.571. The van der Waals surface area contributed by atoms with Crippen molar-refractivity contribution < 1.29 is 8.42 Å². The topological polar surface area (TPSA) is 66.6 Å². The zero-order chi connectivity index (χ0) is 15.5. The molecule has 1 aromatic rings. The molecule has 1 aromatic carbocycles. The van der Waals surface area contributed by atoms with Crippen LogP contribution in [0.15, 0.2) is 23.1 Å². The Hall–Kier alpha value is -0.600. The van der Waals surface area contributed by atoms with Crippen molar-refractivity contribution in [1.82, 2.24) is 9.21 Å². The first-order valence-corrected chi connectivity index (χ1v) is 9.55. The molecule has 1 aliphatic rings.